The predicted octanol–water partition coefficient (Wildman–Crippen LogP) is 4.15. The van der Waals surface area contributed by atoms with E-state index in [0.29, 0.717) is 11.6 Å². The molecule has 0 bridgehead atoms. The van der Waals surface area contributed by atoms with E-state index in [9.17, 15) is 4.79 Å². The summed E-state index contributed by atoms with van der Waals surface area (Å²) >= 11 is 6.30. The smallest absolute Gasteiger partial charge is 0.315 e. The van der Waals surface area contributed by atoms with Crippen LogP contribution in [0.4, 0.5) is 5.69 Å². The monoisotopic (exact) mass is 301 g/mol. The third-order valence-corrected chi connectivity index (χ3v) is 4.07. The SMILES string of the molecule is CCOC(=O)[C@@H]1c2ccccc2N[C@H]1c1ccccc1Cl. The van der Waals surface area contributed by atoms with Gasteiger partial charge < -0.3 is 10.1 Å². The molecule has 2 aromatic carbocycles. The summed E-state index contributed by atoms with van der Waals surface area (Å²) < 4.78 is 5.25. The van der Waals surface area contributed by atoms with Crippen LogP contribution in [0.15, 0.2) is 48.5 Å². The van der Waals surface area contributed by atoms with Gasteiger partial charge in [0.1, 0.15) is 5.92 Å². The van der Waals surface area contributed by atoms with Gasteiger partial charge in [0.2, 0.25) is 0 Å². The minimum Gasteiger partial charge on any atom is -0.465 e. The van der Waals surface area contributed by atoms with Crippen LogP contribution in [0.2, 0.25) is 5.02 Å². The number of fused-ring (bicyclic) bond motifs is 1. The van der Waals surface area contributed by atoms with Crippen LogP contribution in [0.3, 0.4) is 0 Å². The molecule has 0 unspecified atom stereocenters. The summed E-state index contributed by atoms with van der Waals surface area (Å²) in [6, 6.07) is 15.2. The lowest BCUT2D eigenvalue weighted by Crippen LogP contribution is -2.22. The Morgan fingerprint density at radius 3 is 2.52 bits per heavy atom. The van der Waals surface area contributed by atoms with Crippen molar-refractivity contribution in [3.8, 4) is 0 Å². The molecule has 0 radical (unpaired) electrons. The van der Waals surface area contributed by atoms with Crippen molar-refractivity contribution in [3.05, 3.63) is 64.7 Å². The number of carbonyl (C=O) groups excluding carboxylic acids is 1. The van der Waals surface area contributed by atoms with Crippen LogP contribution in [0.1, 0.15) is 30.0 Å². The molecule has 3 rings (SSSR count). The van der Waals surface area contributed by atoms with Crippen molar-refractivity contribution in [2.24, 2.45) is 0 Å². The Balaban J connectivity index is 2.05. The molecule has 21 heavy (non-hydrogen) atoms. The second-order valence-electron chi connectivity index (χ2n) is 4.96. The summed E-state index contributed by atoms with van der Waals surface area (Å²) in [5.74, 6) is -0.596. The average molecular weight is 302 g/mol. The van der Waals surface area contributed by atoms with Crippen LogP contribution in [0.5, 0.6) is 0 Å². The first-order valence-corrected chi connectivity index (χ1v) is 7.36. The molecular formula is C17H16ClNO2. The lowest BCUT2D eigenvalue weighted by molar-refractivity contribution is -0.145. The van der Waals surface area contributed by atoms with Crippen molar-refractivity contribution in [2.75, 3.05) is 11.9 Å². The highest BCUT2D eigenvalue weighted by Crippen LogP contribution is 2.46. The van der Waals surface area contributed by atoms with Crippen molar-refractivity contribution in [1.82, 2.24) is 0 Å². The van der Waals surface area contributed by atoms with Gasteiger partial charge in [0, 0.05) is 10.7 Å². The highest BCUT2D eigenvalue weighted by molar-refractivity contribution is 6.31. The van der Waals surface area contributed by atoms with Gasteiger partial charge in [-0.15, -0.1) is 0 Å². The number of esters is 1. The van der Waals surface area contributed by atoms with E-state index in [0.717, 1.165) is 16.8 Å². The summed E-state index contributed by atoms with van der Waals surface area (Å²) in [6.07, 6.45) is 0. The maximum atomic E-state index is 12.4. The molecule has 0 aromatic heterocycles. The van der Waals surface area contributed by atoms with Gasteiger partial charge >= 0.3 is 5.97 Å². The Hall–Kier alpha value is -2.00. The molecule has 0 fully saturated rings. The largest absolute Gasteiger partial charge is 0.465 e. The zero-order valence-electron chi connectivity index (χ0n) is 11.7. The van der Waals surface area contributed by atoms with E-state index in [1.807, 2.05) is 55.5 Å². The number of rotatable bonds is 3. The van der Waals surface area contributed by atoms with Crippen LogP contribution in [-0.2, 0) is 9.53 Å². The van der Waals surface area contributed by atoms with Crippen LogP contribution in [0, 0.1) is 0 Å². The molecule has 0 aliphatic carbocycles. The Morgan fingerprint density at radius 2 is 1.81 bits per heavy atom. The van der Waals surface area contributed by atoms with Gasteiger partial charge in [-0.05, 0) is 30.2 Å². The van der Waals surface area contributed by atoms with Crippen molar-refractivity contribution < 1.29 is 9.53 Å². The third-order valence-electron chi connectivity index (χ3n) is 3.72. The van der Waals surface area contributed by atoms with E-state index in [2.05, 4.69) is 5.32 Å². The van der Waals surface area contributed by atoms with Crippen LogP contribution < -0.4 is 5.32 Å². The molecule has 1 aliphatic heterocycles. The molecule has 0 saturated carbocycles. The van der Waals surface area contributed by atoms with Crippen molar-refractivity contribution >= 4 is 23.3 Å². The second kappa shape index (κ2) is 5.78. The molecule has 1 aliphatic rings. The first-order valence-electron chi connectivity index (χ1n) is 6.99. The van der Waals surface area contributed by atoms with E-state index >= 15 is 0 Å². The highest BCUT2D eigenvalue weighted by atomic mass is 35.5. The highest BCUT2D eigenvalue weighted by Gasteiger charge is 2.39. The van der Waals surface area contributed by atoms with Crippen molar-refractivity contribution in [1.29, 1.82) is 0 Å². The molecule has 4 heteroatoms. The number of nitrogens with one attached hydrogen (secondary N) is 1. The number of hydrogen-bond acceptors (Lipinski definition) is 3. The van der Waals surface area contributed by atoms with Crippen molar-refractivity contribution in [3.63, 3.8) is 0 Å². The quantitative estimate of drug-likeness (QED) is 0.865. The van der Waals surface area contributed by atoms with Crippen LogP contribution in [-0.4, -0.2) is 12.6 Å². The minimum absolute atomic E-state index is 0.199. The van der Waals surface area contributed by atoms with E-state index in [-0.39, 0.29) is 17.9 Å². The first kappa shape index (κ1) is 14.0. The number of halogens is 1. The normalized spacial score (nSPS) is 19.7. The van der Waals surface area contributed by atoms with E-state index in [1.54, 1.807) is 0 Å². The summed E-state index contributed by atoms with van der Waals surface area (Å²) in [5.41, 5.74) is 2.83. The topological polar surface area (TPSA) is 38.3 Å². The second-order valence-corrected chi connectivity index (χ2v) is 5.37. The molecule has 2 atom stereocenters. The molecule has 0 amide bonds. The molecule has 0 saturated heterocycles. The zero-order chi connectivity index (χ0) is 14.8. The van der Waals surface area contributed by atoms with Gasteiger partial charge in [0.05, 0.1) is 12.6 Å². The Bertz CT molecular complexity index is 671. The number of carbonyl (C=O) groups is 1. The van der Waals surface area contributed by atoms with Gasteiger partial charge in [-0.3, -0.25) is 4.79 Å². The van der Waals surface area contributed by atoms with Crippen LogP contribution in [0.25, 0.3) is 0 Å². The Morgan fingerprint density at radius 1 is 1.14 bits per heavy atom. The first-order chi connectivity index (χ1) is 10.2. The fraction of sp³-hybridized carbons (Fsp3) is 0.235. The number of ether oxygens (including phenoxy) is 1. The summed E-state index contributed by atoms with van der Waals surface area (Å²) in [7, 11) is 0. The van der Waals surface area contributed by atoms with Crippen molar-refractivity contribution in [2.45, 2.75) is 18.9 Å². The minimum atomic E-state index is -0.374. The fourth-order valence-corrected chi connectivity index (χ4v) is 3.06. The summed E-state index contributed by atoms with van der Waals surface area (Å²) in [6.45, 7) is 2.18. The van der Waals surface area contributed by atoms with E-state index < -0.39 is 0 Å². The summed E-state index contributed by atoms with van der Waals surface area (Å²) in [5, 5.41) is 4.05. The van der Waals surface area contributed by atoms with Gasteiger partial charge in [-0.25, -0.2) is 0 Å². The lowest BCUT2D eigenvalue weighted by atomic mass is 9.90. The molecule has 108 valence electrons. The molecule has 2 aromatic rings. The molecule has 0 spiro atoms. The van der Waals surface area contributed by atoms with Gasteiger partial charge in [-0.2, -0.15) is 0 Å². The number of hydrogen-bond donors (Lipinski definition) is 1. The number of anilines is 1. The number of para-hydroxylation sites is 1. The predicted molar refractivity (Wildman–Crippen MR) is 83.6 cm³/mol. The van der Waals surface area contributed by atoms with Gasteiger partial charge in [-0.1, -0.05) is 48.0 Å². The Labute approximate surface area is 128 Å². The standard InChI is InChI=1S/C17H16ClNO2/c1-2-21-17(20)15-12-8-4-6-10-14(12)19-16(15)11-7-3-5-9-13(11)18/h3-10,15-16,19H,2H2,1H3/t15-,16+/m1/s1. The maximum absolute atomic E-state index is 12.4. The molecular weight excluding hydrogens is 286 g/mol. The average Bonchev–Trinajstić information content (AvgIpc) is 2.87. The molecule has 1 heterocycles. The molecule has 1 N–H and O–H groups in total. The zero-order valence-corrected chi connectivity index (χ0v) is 12.4. The maximum Gasteiger partial charge on any atom is 0.315 e. The third kappa shape index (κ3) is 2.49. The van der Waals surface area contributed by atoms with E-state index in [4.69, 9.17) is 16.3 Å². The van der Waals surface area contributed by atoms with Crippen LogP contribution >= 0.6 is 11.6 Å². The van der Waals surface area contributed by atoms with Gasteiger partial charge in [0.25, 0.3) is 0 Å². The fourth-order valence-electron chi connectivity index (χ4n) is 2.81. The van der Waals surface area contributed by atoms with Gasteiger partial charge in [0.15, 0.2) is 0 Å². The number of benzene rings is 2. The van der Waals surface area contributed by atoms with E-state index in [1.165, 1.54) is 0 Å². The Kier molecular flexibility index (Phi) is 3.84. The lowest BCUT2D eigenvalue weighted by Gasteiger charge is -2.20. The summed E-state index contributed by atoms with van der Waals surface area (Å²) in [4.78, 5) is 12.4. The molecule has 3 nitrogen and oxygen atoms in total.